The van der Waals surface area contributed by atoms with Gasteiger partial charge in [0.05, 0.1) is 0 Å². The quantitative estimate of drug-likeness (QED) is 0.789. The molecule has 1 unspecified atom stereocenters. The fourth-order valence-electron chi connectivity index (χ4n) is 1.98. The van der Waals surface area contributed by atoms with Crippen LogP contribution in [0.3, 0.4) is 0 Å². The van der Waals surface area contributed by atoms with Gasteiger partial charge in [-0.3, -0.25) is 0 Å². The first-order valence-electron chi connectivity index (χ1n) is 5.41. The van der Waals surface area contributed by atoms with Crippen molar-refractivity contribution in [2.45, 2.75) is 19.8 Å². The van der Waals surface area contributed by atoms with E-state index in [1.54, 1.807) is 0 Å². The number of aryl methyl sites for hydroxylation is 1. The van der Waals surface area contributed by atoms with Crippen molar-refractivity contribution < 1.29 is 0 Å². The Labute approximate surface area is 90.9 Å². The molecule has 0 aliphatic rings. The zero-order chi connectivity index (χ0) is 10.8. The third-order valence-corrected chi connectivity index (χ3v) is 2.95. The molecule has 2 N–H and O–H groups in total. The SMILES string of the molecule is Cc1ccc2c(C(C)CN)cccc2c1. The van der Waals surface area contributed by atoms with Gasteiger partial charge in [0.25, 0.3) is 0 Å². The summed E-state index contributed by atoms with van der Waals surface area (Å²) in [5, 5.41) is 2.65. The zero-order valence-electron chi connectivity index (χ0n) is 9.33. The number of nitrogens with two attached hydrogens (primary N) is 1. The minimum absolute atomic E-state index is 0.427. The van der Waals surface area contributed by atoms with Crippen LogP contribution >= 0.6 is 0 Å². The Morgan fingerprint density at radius 2 is 2.00 bits per heavy atom. The van der Waals surface area contributed by atoms with Crippen molar-refractivity contribution in [2.24, 2.45) is 5.73 Å². The van der Waals surface area contributed by atoms with Gasteiger partial charge in [-0.25, -0.2) is 0 Å². The van der Waals surface area contributed by atoms with Crippen molar-refractivity contribution in [1.29, 1.82) is 0 Å². The minimum atomic E-state index is 0.427. The van der Waals surface area contributed by atoms with Gasteiger partial charge in [-0.1, -0.05) is 48.9 Å². The van der Waals surface area contributed by atoms with Crippen LogP contribution < -0.4 is 5.73 Å². The molecule has 0 fully saturated rings. The van der Waals surface area contributed by atoms with Gasteiger partial charge in [-0.15, -0.1) is 0 Å². The third kappa shape index (κ3) is 1.88. The monoisotopic (exact) mass is 199 g/mol. The minimum Gasteiger partial charge on any atom is -0.330 e. The Bertz CT molecular complexity index is 474. The molecule has 0 heterocycles. The molecule has 0 radical (unpaired) electrons. The molecule has 0 spiro atoms. The van der Waals surface area contributed by atoms with Gasteiger partial charge in [-0.05, 0) is 35.7 Å². The van der Waals surface area contributed by atoms with Crippen molar-refractivity contribution in [3.63, 3.8) is 0 Å². The van der Waals surface area contributed by atoms with Gasteiger partial charge in [0.2, 0.25) is 0 Å². The lowest BCUT2D eigenvalue weighted by atomic mass is 9.94. The standard InChI is InChI=1S/C14H17N/c1-10-6-7-14-12(8-10)4-3-5-13(14)11(2)9-15/h3-8,11H,9,15H2,1-2H3. The van der Waals surface area contributed by atoms with E-state index in [0.29, 0.717) is 12.5 Å². The van der Waals surface area contributed by atoms with E-state index in [0.717, 1.165) is 0 Å². The number of benzene rings is 2. The summed E-state index contributed by atoms with van der Waals surface area (Å²) < 4.78 is 0. The molecule has 0 saturated carbocycles. The second kappa shape index (κ2) is 4.03. The Hall–Kier alpha value is -1.34. The van der Waals surface area contributed by atoms with Crippen molar-refractivity contribution in [1.82, 2.24) is 0 Å². The number of hydrogen-bond donors (Lipinski definition) is 1. The Morgan fingerprint density at radius 1 is 1.20 bits per heavy atom. The van der Waals surface area contributed by atoms with Crippen LogP contribution in [0.4, 0.5) is 0 Å². The maximum absolute atomic E-state index is 5.72. The molecule has 0 saturated heterocycles. The summed E-state index contributed by atoms with van der Waals surface area (Å²) in [7, 11) is 0. The summed E-state index contributed by atoms with van der Waals surface area (Å²) in [4.78, 5) is 0. The predicted molar refractivity (Wildman–Crippen MR) is 66.2 cm³/mol. The molecule has 1 atom stereocenters. The summed E-state index contributed by atoms with van der Waals surface area (Å²) >= 11 is 0. The molecule has 2 aromatic rings. The Kier molecular flexibility index (Phi) is 2.74. The van der Waals surface area contributed by atoms with E-state index in [-0.39, 0.29) is 0 Å². The topological polar surface area (TPSA) is 26.0 Å². The van der Waals surface area contributed by atoms with E-state index in [1.165, 1.54) is 21.9 Å². The highest BCUT2D eigenvalue weighted by Gasteiger charge is 2.06. The van der Waals surface area contributed by atoms with Crippen molar-refractivity contribution >= 4 is 10.8 Å². The van der Waals surface area contributed by atoms with Crippen LogP contribution in [0.25, 0.3) is 10.8 Å². The number of rotatable bonds is 2. The molecule has 1 nitrogen and oxygen atoms in total. The van der Waals surface area contributed by atoms with E-state index in [9.17, 15) is 0 Å². The van der Waals surface area contributed by atoms with E-state index in [2.05, 4.69) is 50.2 Å². The van der Waals surface area contributed by atoms with E-state index < -0.39 is 0 Å². The molecule has 2 rings (SSSR count). The number of hydrogen-bond acceptors (Lipinski definition) is 1. The molecule has 0 aliphatic heterocycles. The largest absolute Gasteiger partial charge is 0.330 e. The molecule has 0 bridgehead atoms. The predicted octanol–water partition coefficient (Wildman–Crippen LogP) is 3.21. The summed E-state index contributed by atoms with van der Waals surface area (Å²) in [5.74, 6) is 0.427. The molecule has 0 aliphatic carbocycles. The maximum atomic E-state index is 5.72. The maximum Gasteiger partial charge on any atom is -0.00107 e. The van der Waals surface area contributed by atoms with Gasteiger partial charge in [0.15, 0.2) is 0 Å². The first kappa shape index (κ1) is 10.2. The average Bonchev–Trinajstić information content (AvgIpc) is 2.26. The highest BCUT2D eigenvalue weighted by Crippen LogP contribution is 2.25. The summed E-state index contributed by atoms with van der Waals surface area (Å²) in [5.41, 5.74) is 8.39. The molecule has 0 amide bonds. The van der Waals surface area contributed by atoms with E-state index in [4.69, 9.17) is 5.73 Å². The Morgan fingerprint density at radius 3 is 2.73 bits per heavy atom. The number of fused-ring (bicyclic) bond motifs is 1. The summed E-state index contributed by atoms with van der Waals surface area (Å²) in [6.45, 7) is 5.00. The second-order valence-corrected chi connectivity index (χ2v) is 4.21. The lowest BCUT2D eigenvalue weighted by Gasteiger charge is -2.12. The van der Waals surface area contributed by atoms with Crippen LogP contribution in [0.1, 0.15) is 24.0 Å². The average molecular weight is 199 g/mol. The lowest BCUT2D eigenvalue weighted by molar-refractivity contribution is 0.781. The van der Waals surface area contributed by atoms with Crippen molar-refractivity contribution in [3.05, 3.63) is 47.5 Å². The highest BCUT2D eigenvalue weighted by molar-refractivity contribution is 5.86. The highest BCUT2D eigenvalue weighted by atomic mass is 14.5. The fourth-order valence-corrected chi connectivity index (χ4v) is 1.98. The van der Waals surface area contributed by atoms with Gasteiger partial charge in [-0.2, -0.15) is 0 Å². The van der Waals surface area contributed by atoms with Crippen LogP contribution in [0.5, 0.6) is 0 Å². The zero-order valence-corrected chi connectivity index (χ0v) is 9.33. The molecular formula is C14H17N. The lowest BCUT2D eigenvalue weighted by Crippen LogP contribution is -2.09. The second-order valence-electron chi connectivity index (χ2n) is 4.21. The van der Waals surface area contributed by atoms with Crippen LogP contribution in [0.15, 0.2) is 36.4 Å². The van der Waals surface area contributed by atoms with Gasteiger partial charge in [0.1, 0.15) is 0 Å². The van der Waals surface area contributed by atoms with Crippen LogP contribution in [-0.4, -0.2) is 6.54 Å². The normalized spacial score (nSPS) is 13.0. The van der Waals surface area contributed by atoms with Crippen LogP contribution in [0.2, 0.25) is 0 Å². The third-order valence-electron chi connectivity index (χ3n) is 2.95. The van der Waals surface area contributed by atoms with E-state index in [1.807, 2.05) is 0 Å². The van der Waals surface area contributed by atoms with Crippen LogP contribution in [0, 0.1) is 6.92 Å². The smallest absolute Gasteiger partial charge is 0.00107 e. The van der Waals surface area contributed by atoms with Crippen molar-refractivity contribution in [3.8, 4) is 0 Å². The molecule has 0 aromatic heterocycles. The molecular weight excluding hydrogens is 182 g/mol. The first-order chi connectivity index (χ1) is 7.22. The van der Waals surface area contributed by atoms with Crippen molar-refractivity contribution in [2.75, 3.05) is 6.54 Å². The molecule has 1 heteroatoms. The fraction of sp³-hybridized carbons (Fsp3) is 0.286. The van der Waals surface area contributed by atoms with E-state index >= 15 is 0 Å². The molecule has 2 aromatic carbocycles. The molecule has 78 valence electrons. The van der Waals surface area contributed by atoms with Gasteiger partial charge < -0.3 is 5.73 Å². The Balaban J connectivity index is 2.66. The van der Waals surface area contributed by atoms with Gasteiger partial charge >= 0.3 is 0 Å². The molecule has 15 heavy (non-hydrogen) atoms. The summed E-state index contributed by atoms with van der Waals surface area (Å²) in [6.07, 6.45) is 0. The summed E-state index contributed by atoms with van der Waals surface area (Å²) in [6, 6.07) is 13.0. The van der Waals surface area contributed by atoms with Crippen LogP contribution in [-0.2, 0) is 0 Å². The first-order valence-corrected chi connectivity index (χ1v) is 5.41. The van der Waals surface area contributed by atoms with Gasteiger partial charge in [0, 0.05) is 0 Å².